The maximum atomic E-state index is 10.7. The van der Waals surface area contributed by atoms with Crippen molar-refractivity contribution in [1.82, 2.24) is 0 Å². The molecule has 0 aromatic heterocycles. The molecule has 0 saturated carbocycles. The SMILES string of the molecule is COC(C)COc1ccc([N+](=O)[O-])cc1[C@H](C)O. The molecule has 1 rings (SSSR count). The lowest BCUT2D eigenvalue weighted by molar-refractivity contribution is -0.385. The van der Waals surface area contributed by atoms with Gasteiger partial charge in [-0.3, -0.25) is 10.1 Å². The summed E-state index contributed by atoms with van der Waals surface area (Å²) in [5.41, 5.74) is 0.325. The first-order chi connectivity index (χ1) is 8.45. The zero-order valence-electron chi connectivity index (χ0n) is 10.6. The minimum atomic E-state index is -0.835. The van der Waals surface area contributed by atoms with Gasteiger partial charge in [-0.15, -0.1) is 0 Å². The molecule has 0 spiro atoms. The summed E-state index contributed by atoms with van der Waals surface area (Å²) in [5.74, 6) is 0.430. The quantitative estimate of drug-likeness (QED) is 0.621. The van der Waals surface area contributed by atoms with Crippen LogP contribution in [-0.4, -0.2) is 29.9 Å². The number of hydrogen-bond acceptors (Lipinski definition) is 5. The minimum absolute atomic E-state index is 0.0713. The number of rotatable bonds is 6. The Morgan fingerprint density at radius 1 is 1.44 bits per heavy atom. The van der Waals surface area contributed by atoms with Gasteiger partial charge >= 0.3 is 0 Å². The Hall–Kier alpha value is -1.66. The summed E-state index contributed by atoms with van der Waals surface area (Å²) in [6, 6.07) is 4.15. The predicted octanol–water partition coefficient (Wildman–Crippen LogP) is 2.06. The first-order valence-corrected chi connectivity index (χ1v) is 5.57. The summed E-state index contributed by atoms with van der Waals surface area (Å²) in [6.07, 6.45) is -0.931. The van der Waals surface area contributed by atoms with Gasteiger partial charge in [-0.2, -0.15) is 0 Å². The number of aliphatic hydroxyl groups is 1. The van der Waals surface area contributed by atoms with Crippen molar-refractivity contribution < 1.29 is 19.5 Å². The van der Waals surface area contributed by atoms with E-state index in [0.717, 1.165) is 0 Å². The highest BCUT2D eigenvalue weighted by molar-refractivity contribution is 5.44. The number of ether oxygens (including phenoxy) is 2. The highest BCUT2D eigenvalue weighted by atomic mass is 16.6. The summed E-state index contributed by atoms with van der Waals surface area (Å²) >= 11 is 0. The second kappa shape index (κ2) is 6.32. The molecule has 1 unspecified atom stereocenters. The molecule has 0 fully saturated rings. The second-order valence-electron chi connectivity index (χ2n) is 4.01. The third kappa shape index (κ3) is 3.68. The van der Waals surface area contributed by atoms with Crippen LogP contribution in [0.5, 0.6) is 5.75 Å². The van der Waals surface area contributed by atoms with E-state index in [1.54, 1.807) is 7.11 Å². The van der Waals surface area contributed by atoms with Crippen LogP contribution in [0.1, 0.15) is 25.5 Å². The molecule has 6 heteroatoms. The minimum Gasteiger partial charge on any atom is -0.491 e. The van der Waals surface area contributed by atoms with Crippen molar-refractivity contribution in [2.45, 2.75) is 26.1 Å². The van der Waals surface area contributed by atoms with Gasteiger partial charge in [0, 0.05) is 24.8 Å². The largest absolute Gasteiger partial charge is 0.491 e. The van der Waals surface area contributed by atoms with Gasteiger partial charge in [0.2, 0.25) is 0 Å². The van der Waals surface area contributed by atoms with Gasteiger partial charge < -0.3 is 14.6 Å². The maximum absolute atomic E-state index is 10.7. The third-order valence-corrected chi connectivity index (χ3v) is 2.53. The van der Waals surface area contributed by atoms with E-state index in [9.17, 15) is 15.2 Å². The van der Waals surface area contributed by atoms with Crippen molar-refractivity contribution in [3.63, 3.8) is 0 Å². The fourth-order valence-corrected chi connectivity index (χ4v) is 1.38. The molecule has 0 aliphatic heterocycles. The van der Waals surface area contributed by atoms with Gasteiger partial charge in [-0.1, -0.05) is 0 Å². The Kier molecular flexibility index (Phi) is 5.06. The summed E-state index contributed by atoms with van der Waals surface area (Å²) in [4.78, 5) is 10.2. The van der Waals surface area contributed by atoms with Crippen LogP contribution < -0.4 is 4.74 Å². The van der Waals surface area contributed by atoms with E-state index in [2.05, 4.69) is 0 Å². The fourth-order valence-electron chi connectivity index (χ4n) is 1.38. The number of hydrogen-bond donors (Lipinski definition) is 1. The summed E-state index contributed by atoms with van der Waals surface area (Å²) in [5, 5.41) is 20.3. The summed E-state index contributed by atoms with van der Waals surface area (Å²) in [7, 11) is 1.57. The monoisotopic (exact) mass is 255 g/mol. The smallest absolute Gasteiger partial charge is 0.270 e. The Balaban J connectivity index is 2.93. The normalized spacial score (nSPS) is 14.0. The van der Waals surface area contributed by atoms with E-state index in [0.29, 0.717) is 17.9 Å². The average Bonchev–Trinajstić information content (AvgIpc) is 2.35. The van der Waals surface area contributed by atoms with E-state index in [-0.39, 0.29) is 11.8 Å². The van der Waals surface area contributed by atoms with Crippen molar-refractivity contribution in [3.05, 3.63) is 33.9 Å². The van der Waals surface area contributed by atoms with Gasteiger partial charge in [-0.05, 0) is 19.9 Å². The zero-order valence-corrected chi connectivity index (χ0v) is 10.6. The molecule has 1 N–H and O–H groups in total. The van der Waals surface area contributed by atoms with Crippen LogP contribution in [0.15, 0.2) is 18.2 Å². The van der Waals surface area contributed by atoms with E-state index >= 15 is 0 Å². The van der Waals surface area contributed by atoms with Gasteiger partial charge in [0.25, 0.3) is 5.69 Å². The van der Waals surface area contributed by atoms with Crippen LogP contribution >= 0.6 is 0 Å². The van der Waals surface area contributed by atoms with Crippen LogP contribution in [0.25, 0.3) is 0 Å². The van der Waals surface area contributed by atoms with Crippen LogP contribution in [0.3, 0.4) is 0 Å². The predicted molar refractivity (Wildman–Crippen MR) is 65.7 cm³/mol. The van der Waals surface area contributed by atoms with Gasteiger partial charge in [-0.25, -0.2) is 0 Å². The molecular formula is C12H17NO5. The molecule has 100 valence electrons. The van der Waals surface area contributed by atoms with Gasteiger partial charge in [0.1, 0.15) is 12.4 Å². The highest BCUT2D eigenvalue weighted by Gasteiger charge is 2.15. The number of benzene rings is 1. The number of methoxy groups -OCH3 is 1. The number of aliphatic hydroxyl groups excluding tert-OH is 1. The lowest BCUT2D eigenvalue weighted by atomic mass is 10.1. The Morgan fingerprint density at radius 3 is 2.61 bits per heavy atom. The number of non-ortho nitro benzene ring substituents is 1. The summed E-state index contributed by atoms with van der Waals surface area (Å²) in [6.45, 7) is 3.69. The molecule has 0 aliphatic carbocycles. The van der Waals surface area contributed by atoms with Crippen molar-refractivity contribution in [2.24, 2.45) is 0 Å². The number of nitrogens with zero attached hydrogens (tertiary/aromatic N) is 1. The lowest BCUT2D eigenvalue weighted by Gasteiger charge is -2.15. The van der Waals surface area contributed by atoms with E-state index in [1.165, 1.54) is 25.1 Å². The Morgan fingerprint density at radius 2 is 2.11 bits per heavy atom. The molecule has 0 saturated heterocycles. The molecule has 0 radical (unpaired) electrons. The first kappa shape index (κ1) is 14.4. The Labute approximate surface area is 105 Å². The molecule has 1 aromatic carbocycles. The van der Waals surface area contributed by atoms with Crippen molar-refractivity contribution in [2.75, 3.05) is 13.7 Å². The average molecular weight is 255 g/mol. The van der Waals surface area contributed by atoms with E-state index in [4.69, 9.17) is 9.47 Å². The van der Waals surface area contributed by atoms with Crippen LogP contribution in [0.2, 0.25) is 0 Å². The molecule has 2 atom stereocenters. The van der Waals surface area contributed by atoms with Crippen molar-refractivity contribution in [1.29, 1.82) is 0 Å². The van der Waals surface area contributed by atoms with Crippen LogP contribution in [-0.2, 0) is 4.74 Å². The molecule has 1 aromatic rings. The topological polar surface area (TPSA) is 81.8 Å². The molecular weight excluding hydrogens is 238 g/mol. The van der Waals surface area contributed by atoms with Crippen molar-refractivity contribution >= 4 is 5.69 Å². The molecule has 0 aliphatic rings. The van der Waals surface area contributed by atoms with Crippen LogP contribution in [0, 0.1) is 10.1 Å². The Bertz CT molecular complexity index is 419. The first-order valence-electron chi connectivity index (χ1n) is 5.57. The molecule has 6 nitrogen and oxygen atoms in total. The number of nitro groups is 1. The lowest BCUT2D eigenvalue weighted by Crippen LogP contribution is -2.16. The van der Waals surface area contributed by atoms with Crippen molar-refractivity contribution in [3.8, 4) is 5.75 Å². The summed E-state index contributed by atoms with van der Waals surface area (Å²) < 4.78 is 10.5. The van der Waals surface area contributed by atoms with E-state index in [1.807, 2.05) is 6.92 Å². The second-order valence-corrected chi connectivity index (χ2v) is 4.01. The zero-order chi connectivity index (χ0) is 13.7. The van der Waals surface area contributed by atoms with Crippen LogP contribution in [0.4, 0.5) is 5.69 Å². The fraction of sp³-hybridized carbons (Fsp3) is 0.500. The molecule has 0 amide bonds. The maximum Gasteiger partial charge on any atom is 0.270 e. The molecule has 18 heavy (non-hydrogen) atoms. The standard InChI is InChI=1S/C12H17NO5/c1-8(17-3)7-18-12-5-4-10(13(15)16)6-11(12)9(2)14/h4-6,8-9,14H,7H2,1-3H3/t8?,9-/m0/s1. The highest BCUT2D eigenvalue weighted by Crippen LogP contribution is 2.29. The van der Waals surface area contributed by atoms with E-state index < -0.39 is 11.0 Å². The molecule has 0 bridgehead atoms. The third-order valence-electron chi connectivity index (χ3n) is 2.53. The van der Waals surface area contributed by atoms with Gasteiger partial charge in [0.05, 0.1) is 17.1 Å². The molecule has 0 heterocycles. The number of nitro benzene ring substituents is 1. The van der Waals surface area contributed by atoms with Gasteiger partial charge in [0.15, 0.2) is 0 Å².